The van der Waals surface area contributed by atoms with Gasteiger partial charge in [0.15, 0.2) is 11.6 Å². The van der Waals surface area contributed by atoms with Gasteiger partial charge in [0.1, 0.15) is 11.1 Å². The second-order valence-corrected chi connectivity index (χ2v) is 15.8. The van der Waals surface area contributed by atoms with E-state index in [9.17, 15) is 24.6 Å². The third-order valence-corrected chi connectivity index (χ3v) is 11.1. The van der Waals surface area contributed by atoms with Crippen molar-refractivity contribution in [2.45, 2.75) is 115 Å². The van der Waals surface area contributed by atoms with Gasteiger partial charge in [-0.2, -0.15) is 0 Å². The van der Waals surface area contributed by atoms with Gasteiger partial charge >= 0.3 is 0 Å². The maximum Gasteiger partial charge on any atom is 0.225 e. The summed E-state index contributed by atoms with van der Waals surface area (Å²) in [7, 11) is 0. The predicted molar refractivity (Wildman–Crippen MR) is 187 cm³/mol. The lowest BCUT2D eigenvalue weighted by Crippen LogP contribution is -2.54. The lowest BCUT2D eigenvalue weighted by atomic mass is 9.66. The molecular formula is C39H57N3O6. The van der Waals surface area contributed by atoms with Crippen molar-refractivity contribution in [3.05, 3.63) is 35.9 Å². The van der Waals surface area contributed by atoms with Crippen LogP contribution in [-0.2, 0) is 25.5 Å². The number of nitrogens with zero attached hydrogens (tertiary/aromatic N) is 3. The van der Waals surface area contributed by atoms with E-state index in [0.29, 0.717) is 51.5 Å². The average molecular weight is 664 g/mol. The van der Waals surface area contributed by atoms with Crippen LogP contribution in [0.4, 0.5) is 0 Å². The number of carbonyl (C=O) groups excluding carboxylic acids is 3. The van der Waals surface area contributed by atoms with Gasteiger partial charge in [-0.1, -0.05) is 90.1 Å². The van der Waals surface area contributed by atoms with Crippen LogP contribution < -0.4 is 0 Å². The van der Waals surface area contributed by atoms with E-state index in [1.54, 1.807) is 17.3 Å². The molecule has 2 unspecified atom stereocenters. The molecule has 3 heterocycles. The molecule has 1 aromatic rings. The fraction of sp³-hybridized carbons (Fsp3) is 0.718. The molecule has 0 spiro atoms. The second-order valence-electron chi connectivity index (χ2n) is 15.8. The lowest BCUT2D eigenvalue weighted by molar-refractivity contribution is -0.141. The fourth-order valence-electron chi connectivity index (χ4n) is 8.70. The van der Waals surface area contributed by atoms with E-state index in [1.165, 1.54) is 6.42 Å². The van der Waals surface area contributed by atoms with Gasteiger partial charge in [-0.3, -0.25) is 24.4 Å². The van der Waals surface area contributed by atoms with Crippen molar-refractivity contribution in [2.24, 2.45) is 45.5 Å². The van der Waals surface area contributed by atoms with E-state index < -0.39 is 41.0 Å². The van der Waals surface area contributed by atoms with Crippen LogP contribution in [0, 0.1) is 35.5 Å². The molecular weight excluding hydrogens is 606 g/mol. The molecule has 0 radical (unpaired) electrons. The number of hydrogen-bond donors (Lipinski definition) is 2. The quantitative estimate of drug-likeness (QED) is 0.292. The number of amides is 1. The summed E-state index contributed by atoms with van der Waals surface area (Å²) in [6.45, 7) is 9.92. The third kappa shape index (κ3) is 8.00. The highest BCUT2D eigenvalue weighted by Gasteiger charge is 2.61. The molecule has 0 bridgehead atoms. The molecule has 9 heteroatoms. The zero-order valence-corrected chi connectivity index (χ0v) is 29.4. The van der Waals surface area contributed by atoms with E-state index in [1.807, 2.05) is 58.0 Å². The first kappa shape index (κ1) is 36.5. The van der Waals surface area contributed by atoms with Crippen molar-refractivity contribution >= 4 is 29.9 Å². The SMILES string of the molecule is CC(C)C[C@H](O)[C@H](O)[C@H](CC1CCCCC1)C1C=N[C@@](CC(C)C)(C2C=N[C@](CC(=O)N3CCOCC3)(Cc3ccccc3)C2=O)C1=O. The Morgan fingerprint density at radius 3 is 2.27 bits per heavy atom. The summed E-state index contributed by atoms with van der Waals surface area (Å²) in [5.74, 6) is -2.13. The standard InChI is InChI=1S/C39H57N3O6/c1-26(2)19-33(43)35(45)30(20-28-11-7-5-8-12-28)31-24-41-39(36(31)46,21-27(3)4)32-25-40-38(37(32)47,22-29-13-9-6-10-14-29)23-34(44)42-15-17-48-18-16-42/h6,9-10,13-14,24-28,30-33,35,43,45H,5,7-8,11-12,15-23H2,1-4H3/t30-,31?,32?,33+,35-,38+,39+/m1/s1. The second kappa shape index (κ2) is 15.9. The molecule has 48 heavy (non-hydrogen) atoms. The zero-order valence-electron chi connectivity index (χ0n) is 29.4. The molecule has 4 aliphatic rings. The molecule has 264 valence electrons. The minimum absolute atomic E-state index is 0.0402. The van der Waals surface area contributed by atoms with Gasteiger partial charge in [0.2, 0.25) is 5.91 Å². The largest absolute Gasteiger partial charge is 0.390 e. The van der Waals surface area contributed by atoms with Crippen molar-refractivity contribution < 1.29 is 29.3 Å². The normalized spacial score (nSPS) is 30.0. The number of hydrogen-bond acceptors (Lipinski definition) is 8. The third-order valence-electron chi connectivity index (χ3n) is 11.1. The Hall–Kier alpha value is -2.75. The van der Waals surface area contributed by atoms with Crippen molar-refractivity contribution in [1.29, 1.82) is 0 Å². The van der Waals surface area contributed by atoms with Crippen LogP contribution >= 0.6 is 0 Å². The van der Waals surface area contributed by atoms with Gasteiger partial charge in [0, 0.05) is 37.9 Å². The molecule has 2 N–H and O–H groups in total. The van der Waals surface area contributed by atoms with E-state index in [2.05, 4.69) is 0 Å². The fourth-order valence-corrected chi connectivity index (χ4v) is 8.70. The first-order chi connectivity index (χ1) is 23.0. The highest BCUT2D eigenvalue weighted by Crippen LogP contribution is 2.46. The number of ether oxygens (including phenoxy) is 1. The van der Waals surface area contributed by atoms with Crippen molar-refractivity contribution in [3.63, 3.8) is 0 Å². The van der Waals surface area contributed by atoms with Crippen LogP contribution in [0.15, 0.2) is 40.3 Å². The molecule has 3 aliphatic heterocycles. The Morgan fingerprint density at radius 2 is 1.62 bits per heavy atom. The summed E-state index contributed by atoms with van der Waals surface area (Å²) in [6.07, 6.45) is 8.38. The Morgan fingerprint density at radius 1 is 0.938 bits per heavy atom. The van der Waals surface area contributed by atoms with E-state index in [0.717, 1.165) is 31.2 Å². The van der Waals surface area contributed by atoms with Gasteiger partial charge < -0.3 is 19.8 Å². The van der Waals surface area contributed by atoms with E-state index >= 15 is 0 Å². The monoisotopic (exact) mass is 663 g/mol. The number of ketones is 2. The first-order valence-corrected chi connectivity index (χ1v) is 18.4. The van der Waals surface area contributed by atoms with Crippen LogP contribution in [0.25, 0.3) is 0 Å². The maximum absolute atomic E-state index is 14.9. The van der Waals surface area contributed by atoms with Crippen molar-refractivity contribution in [1.82, 2.24) is 4.90 Å². The molecule has 0 aromatic heterocycles. The summed E-state index contributed by atoms with van der Waals surface area (Å²) in [5.41, 5.74) is -1.84. The zero-order chi connectivity index (χ0) is 34.5. The summed E-state index contributed by atoms with van der Waals surface area (Å²) < 4.78 is 5.46. The number of benzene rings is 1. The predicted octanol–water partition coefficient (Wildman–Crippen LogP) is 4.90. The Bertz CT molecular complexity index is 1320. The van der Waals surface area contributed by atoms with Crippen LogP contribution in [0.3, 0.4) is 0 Å². The molecule has 1 saturated carbocycles. The highest BCUT2D eigenvalue weighted by atomic mass is 16.5. The minimum atomic E-state index is -1.38. The summed E-state index contributed by atoms with van der Waals surface area (Å²) >= 11 is 0. The molecule has 1 amide bonds. The van der Waals surface area contributed by atoms with Gasteiger partial charge in [-0.25, -0.2) is 0 Å². The van der Waals surface area contributed by atoms with E-state index in [-0.39, 0.29) is 42.2 Å². The first-order valence-electron chi connectivity index (χ1n) is 18.4. The Kier molecular flexibility index (Phi) is 12.1. The topological polar surface area (TPSA) is 129 Å². The van der Waals surface area contributed by atoms with Crippen molar-refractivity contribution in [3.8, 4) is 0 Å². The van der Waals surface area contributed by atoms with Gasteiger partial charge in [-0.05, 0) is 42.6 Å². The maximum atomic E-state index is 14.9. The van der Waals surface area contributed by atoms with Gasteiger partial charge in [-0.15, -0.1) is 0 Å². The number of morpholine rings is 1. The van der Waals surface area contributed by atoms with Gasteiger partial charge in [0.05, 0.1) is 43.7 Å². The number of aliphatic imine (C=N–C) groups is 2. The molecule has 5 rings (SSSR count). The molecule has 1 aliphatic carbocycles. The Labute approximate surface area is 286 Å². The van der Waals surface area contributed by atoms with Crippen LogP contribution in [0.5, 0.6) is 0 Å². The highest BCUT2D eigenvalue weighted by molar-refractivity contribution is 6.17. The summed E-state index contributed by atoms with van der Waals surface area (Å²) in [6, 6.07) is 9.62. The summed E-state index contributed by atoms with van der Waals surface area (Å²) in [5, 5.41) is 22.8. The Balaban J connectivity index is 1.47. The van der Waals surface area contributed by atoms with Crippen LogP contribution in [0.1, 0.15) is 91.0 Å². The number of rotatable bonds is 14. The number of aliphatic hydroxyl groups is 2. The molecule has 2 fully saturated rings. The van der Waals surface area contributed by atoms with Crippen molar-refractivity contribution in [2.75, 3.05) is 26.3 Å². The molecule has 7 atom stereocenters. The average Bonchev–Trinajstić information content (AvgIpc) is 3.56. The van der Waals surface area contributed by atoms with Crippen LogP contribution in [-0.4, -0.2) is 94.6 Å². The lowest BCUT2D eigenvalue weighted by Gasteiger charge is -2.37. The molecule has 1 aromatic carbocycles. The molecule has 1 saturated heterocycles. The summed E-state index contributed by atoms with van der Waals surface area (Å²) in [4.78, 5) is 55.1. The minimum Gasteiger partial charge on any atom is -0.390 e. The van der Waals surface area contributed by atoms with Crippen LogP contribution in [0.2, 0.25) is 0 Å². The smallest absolute Gasteiger partial charge is 0.225 e. The van der Waals surface area contributed by atoms with Gasteiger partial charge in [0.25, 0.3) is 0 Å². The number of carbonyl (C=O) groups is 3. The molecule has 9 nitrogen and oxygen atoms in total. The van der Waals surface area contributed by atoms with E-state index in [4.69, 9.17) is 14.7 Å². The number of Topliss-reactive ketones (excluding diaryl/α,β-unsaturated/α-hetero) is 2. The number of aliphatic hydroxyl groups excluding tert-OH is 2.